The summed E-state index contributed by atoms with van der Waals surface area (Å²) in [6, 6.07) is 24.6. The fraction of sp³-hybridized carbons (Fsp3) is 0.250. The zero-order valence-corrected chi connectivity index (χ0v) is 20.7. The van der Waals surface area contributed by atoms with Crippen molar-refractivity contribution in [3.05, 3.63) is 89.6 Å². The number of hydrogen-bond acceptors (Lipinski definition) is 4. The highest BCUT2D eigenvalue weighted by atomic mass is 32.2. The van der Waals surface area contributed by atoms with Crippen LogP contribution in [-0.2, 0) is 24.2 Å². The molecule has 1 N–H and O–H groups in total. The van der Waals surface area contributed by atoms with E-state index in [0.717, 1.165) is 23.3 Å². The second-order valence-electron chi connectivity index (χ2n) is 8.03. The van der Waals surface area contributed by atoms with Crippen LogP contribution in [0.25, 0.3) is 10.9 Å². The normalized spacial score (nSPS) is 10.9. The van der Waals surface area contributed by atoms with Gasteiger partial charge in [0.2, 0.25) is 5.91 Å². The maximum absolute atomic E-state index is 13.0. The smallest absolute Gasteiger partial charge is 0.225 e. The molecule has 0 atom stereocenters. The highest BCUT2D eigenvalue weighted by molar-refractivity contribution is 7.98. The number of carbonyl (C=O) groups excluding carboxylic acids is 1. The molecule has 0 aliphatic heterocycles. The highest BCUT2D eigenvalue weighted by Gasteiger charge is 2.19. The molecular weight excluding hydrogens is 444 g/mol. The van der Waals surface area contributed by atoms with E-state index in [1.54, 1.807) is 26.0 Å². The largest absolute Gasteiger partial charge is 0.493 e. The Bertz CT molecular complexity index is 1270. The van der Waals surface area contributed by atoms with Gasteiger partial charge in [-0.25, -0.2) is 0 Å². The van der Waals surface area contributed by atoms with Crippen molar-refractivity contribution >= 4 is 28.6 Å². The van der Waals surface area contributed by atoms with Gasteiger partial charge in [0, 0.05) is 34.6 Å². The Labute approximate surface area is 205 Å². The summed E-state index contributed by atoms with van der Waals surface area (Å²) >= 11 is 1.70. The number of thioether (sulfide) groups is 1. The Morgan fingerprint density at radius 1 is 0.912 bits per heavy atom. The topological polar surface area (TPSA) is 52.5 Å². The van der Waals surface area contributed by atoms with Crippen LogP contribution in [0.3, 0.4) is 0 Å². The van der Waals surface area contributed by atoms with Crippen LogP contribution in [-0.4, -0.2) is 37.5 Å². The summed E-state index contributed by atoms with van der Waals surface area (Å²) in [5, 5.41) is 4.29. The molecule has 1 heterocycles. The molecule has 0 aliphatic carbocycles. The average molecular weight is 475 g/mol. The van der Waals surface area contributed by atoms with Crippen LogP contribution in [0.2, 0.25) is 0 Å². The summed E-state index contributed by atoms with van der Waals surface area (Å²) in [5.41, 5.74) is 4.51. The van der Waals surface area contributed by atoms with Crippen molar-refractivity contribution in [2.45, 2.75) is 24.3 Å². The predicted molar refractivity (Wildman–Crippen MR) is 139 cm³/mol. The number of carbonyl (C=O) groups is 1. The van der Waals surface area contributed by atoms with Gasteiger partial charge in [-0.3, -0.25) is 4.79 Å². The first kappa shape index (κ1) is 23.8. The lowest BCUT2D eigenvalue weighted by molar-refractivity contribution is -0.120. The van der Waals surface area contributed by atoms with E-state index in [2.05, 4.69) is 64.7 Å². The number of rotatable bonds is 10. The number of nitrogens with one attached hydrogen (secondary N) is 1. The molecule has 0 fully saturated rings. The van der Waals surface area contributed by atoms with E-state index in [9.17, 15) is 4.79 Å². The zero-order chi connectivity index (χ0) is 23.9. The van der Waals surface area contributed by atoms with Gasteiger partial charge in [0.15, 0.2) is 11.5 Å². The average Bonchev–Trinajstić information content (AvgIpc) is 3.16. The summed E-state index contributed by atoms with van der Waals surface area (Å²) in [5.74, 6) is 1.42. The summed E-state index contributed by atoms with van der Waals surface area (Å²) < 4.78 is 13.0. The number of fused-ring (bicyclic) bond motifs is 1. The number of nitrogens with zero attached hydrogens (tertiary/aromatic N) is 1. The fourth-order valence-corrected chi connectivity index (χ4v) is 5.08. The van der Waals surface area contributed by atoms with E-state index >= 15 is 0 Å². The van der Waals surface area contributed by atoms with Crippen LogP contribution in [0, 0.1) is 0 Å². The molecule has 0 saturated heterocycles. The SMILES string of the molecule is COc1ccc(CCNC(=O)Cc2c(SC)c3ccccc3n2Cc2ccccc2)cc1OC. The first-order valence-corrected chi connectivity index (χ1v) is 12.5. The number of aromatic nitrogens is 1. The minimum atomic E-state index is 0.0212. The Morgan fingerprint density at radius 2 is 1.65 bits per heavy atom. The van der Waals surface area contributed by atoms with E-state index < -0.39 is 0 Å². The molecule has 5 nitrogen and oxygen atoms in total. The van der Waals surface area contributed by atoms with Gasteiger partial charge >= 0.3 is 0 Å². The lowest BCUT2D eigenvalue weighted by Crippen LogP contribution is -2.28. The molecule has 1 amide bonds. The van der Waals surface area contributed by atoms with Gasteiger partial charge in [-0.2, -0.15) is 0 Å². The Hall–Kier alpha value is -3.38. The maximum Gasteiger partial charge on any atom is 0.225 e. The zero-order valence-electron chi connectivity index (χ0n) is 19.8. The van der Waals surface area contributed by atoms with Gasteiger partial charge in [-0.05, 0) is 42.0 Å². The van der Waals surface area contributed by atoms with Crippen molar-refractivity contribution in [2.75, 3.05) is 27.0 Å². The van der Waals surface area contributed by atoms with Crippen molar-refractivity contribution in [1.82, 2.24) is 9.88 Å². The Kier molecular flexibility index (Phi) is 7.80. The van der Waals surface area contributed by atoms with Crippen molar-refractivity contribution in [1.29, 1.82) is 0 Å². The van der Waals surface area contributed by atoms with Crippen LogP contribution in [0.15, 0.2) is 77.7 Å². The molecule has 0 spiro atoms. The number of ether oxygens (including phenoxy) is 2. The molecule has 0 unspecified atom stereocenters. The lowest BCUT2D eigenvalue weighted by Gasteiger charge is -2.13. The summed E-state index contributed by atoms with van der Waals surface area (Å²) in [6.45, 7) is 1.29. The van der Waals surface area contributed by atoms with Gasteiger partial charge in [0.25, 0.3) is 0 Å². The Balaban J connectivity index is 1.51. The minimum absolute atomic E-state index is 0.0212. The molecule has 4 aromatic rings. The Morgan fingerprint density at radius 3 is 2.38 bits per heavy atom. The summed E-state index contributed by atoms with van der Waals surface area (Å²) in [6.07, 6.45) is 3.13. The number of para-hydroxylation sites is 1. The van der Waals surface area contributed by atoms with E-state index in [1.807, 2.05) is 24.3 Å². The van der Waals surface area contributed by atoms with E-state index in [-0.39, 0.29) is 5.91 Å². The third-order valence-electron chi connectivity index (χ3n) is 5.93. The minimum Gasteiger partial charge on any atom is -0.493 e. The maximum atomic E-state index is 13.0. The summed E-state index contributed by atoms with van der Waals surface area (Å²) in [7, 11) is 3.25. The molecule has 6 heteroatoms. The molecule has 0 saturated carbocycles. The highest BCUT2D eigenvalue weighted by Crippen LogP contribution is 2.34. The van der Waals surface area contributed by atoms with Crippen molar-refractivity contribution in [3.8, 4) is 11.5 Å². The standard InChI is InChI=1S/C28H30N2O3S/c1-32-25-14-13-20(17-26(25)33-2)15-16-29-27(31)18-24-28(34-3)22-11-7-8-12-23(22)30(24)19-21-9-5-4-6-10-21/h4-14,17H,15-16,18-19H2,1-3H3,(H,29,31). The molecule has 0 aliphatic rings. The first-order chi connectivity index (χ1) is 16.6. The van der Waals surface area contributed by atoms with Crippen LogP contribution in [0.4, 0.5) is 0 Å². The number of methoxy groups -OCH3 is 2. The molecule has 3 aromatic carbocycles. The van der Waals surface area contributed by atoms with Gasteiger partial charge in [-0.15, -0.1) is 11.8 Å². The van der Waals surface area contributed by atoms with Crippen molar-refractivity contribution in [3.63, 3.8) is 0 Å². The van der Waals surface area contributed by atoms with Gasteiger partial charge in [0.05, 0.1) is 20.6 Å². The fourth-order valence-electron chi connectivity index (χ4n) is 4.27. The molecule has 176 valence electrons. The third-order valence-corrected chi connectivity index (χ3v) is 6.79. The van der Waals surface area contributed by atoms with Crippen molar-refractivity contribution in [2.24, 2.45) is 0 Å². The molecule has 0 radical (unpaired) electrons. The van der Waals surface area contributed by atoms with Crippen LogP contribution in [0.1, 0.15) is 16.8 Å². The van der Waals surface area contributed by atoms with Crippen LogP contribution in [0.5, 0.6) is 11.5 Å². The second-order valence-corrected chi connectivity index (χ2v) is 8.85. The van der Waals surface area contributed by atoms with Crippen LogP contribution < -0.4 is 14.8 Å². The number of amides is 1. The molecule has 34 heavy (non-hydrogen) atoms. The lowest BCUT2D eigenvalue weighted by atomic mass is 10.1. The van der Waals surface area contributed by atoms with Crippen LogP contribution >= 0.6 is 11.8 Å². The predicted octanol–water partition coefficient (Wildman–Crippen LogP) is 5.33. The molecule has 1 aromatic heterocycles. The molecule has 4 rings (SSSR count). The second kappa shape index (κ2) is 11.2. The monoisotopic (exact) mass is 474 g/mol. The van der Waals surface area contributed by atoms with Gasteiger partial charge < -0.3 is 19.4 Å². The van der Waals surface area contributed by atoms with E-state index in [0.29, 0.717) is 30.9 Å². The van der Waals surface area contributed by atoms with Crippen molar-refractivity contribution < 1.29 is 14.3 Å². The van der Waals surface area contributed by atoms with E-state index in [4.69, 9.17) is 9.47 Å². The van der Waals surface area contributed by atoms with Gasteiger partial charge in [0.1, 0.15) is 0 Å². The third kappa shape index (κ3) is 5.23. The number of benzene rings is 3. The van der Waals surface area contributed by atoms with Gasteiger partial charge in [-0.1, -0.05) is 54.6 Å². The first-order valence-electron chi connectivity index (χ1n) is 11.3. The number of hydrogen-bond donors (Lipinski definition) is 1. The quantitative estimate of drug-likeness (QED) is 0.316. The molecule has 0 bridgehead atoms. The molecular formula is C28H30N2O3S. The van der Waals surface area contributed by atoms with E-state index in [1.165, 1.54) is 15.8 Å². The summed E-state index contributed by atoms with van der Waals surface area (Å²) in [4.78, 5) is 14.2.